The van der Waals surface area contributed by atoms with Gasteiger partial charge in [0.05, 0.1) is 6.04 Å². The van der Waals surface area contributed by atoms with E-state index in [0.717, 1.165) is 50.6 Å². The van der Waals surface area contributed by atoms with Crippen molar-refractivity contribution in [1.29, 1.82) is 0 Å². The van der Waals surface area contributed by atoms with Gasteiger partial charge in [-0.25, -0.2) is 0 Å². The number of piperazine rings is 1. The summed E-state index contributed by atoms with van der Waals surface area (Å²) in [7, 11) is 0. The maximum atomic E-state index is 13.2. The predicted octanol–water partition coefficient (Wildman–Crippen LogP) is 2.49. The molecule has 2 atom stereocenters. The molecule has 2 aliphatic rings. The van der Waals surface area contributed by atoms with Crippen LogP contribution in [0.15, 0.2) is 79.4 Å². The fraction of sp³-hybridized carbons (Fsp3) is 0.370. The van der Waals surface area contributed by atoms with E-state index in [9.17, 15) is 4.79 Å². The number of carbonyl (C=O) groups is 1. The van der Waals surface area contributed by atoms with Gasteiger partial charge in [-0.1, -0.05) is 36.4 Å². The molecule has 1 unspecified atom stereocenters. The maximum absolute atomic E-state index is 13.2. The van der Waals surface area contributed by atoms with Crippen molar-refractivity contribution in [1.82, 2.24) is 30.4 Å². The molecule has 5 rings (SSSR count). The lowest BCUT2D eigenvalue weighted by atomic mass is 9.97. The highest BCUT2D eigenvalue weighted by atomic mass is 32.2. The number of hydrogen-bond acceptors (Lipinski definition) is 7. The van der Waals surface area contributed by atoms with Crippen molar-refractivity contribution < 1.29 is 4.79 Å². The molecule has 2 N–H and O–H groups in total. The molecule has 2 saturated heterocycles. The first kappa shape index (κ1) is 23.9. The molecular weight excluding hydrogens is 456 g/mol. The van der Waals surface area contributed by atoms with Crippen molar-refractivity contribution in [2.24, 2.45) is 0 Å². The Morgan fingerprint density at radius 2 is 1.74 bits per heavy atom. The second-order valence-corrected chi connectivity index (χ2v) is 10.2. The molecule has 3 aromatic rings. The molecule has 182 valence electrons. The summed E-state index contributed by atoms with van der Waals surface area (Å²) in [5.74, 6) is 0.929. The van der Waals surface area contributed by atoms with E-state index in [1.165, 1.54) is 11.1 Å². The molecule has 2 aliphatic heterocycles. The van der Waals surface area contributed by atoms with Gasteiger partial charge in [-0.05, 0) is 29.3 Å². The third kappa shape index (κ3) is 5.41. The molecule has 2 fully saturated rings. The van der Waals surface area contributed by atoms with Gasteiger partial charge in [0.2, 0.25) is 0 Å². The average molecular weight is 489 g/mol. The fourth-order valence-corrected chi connectivity index (χ4v) is 6.21. The van der Waals surface area contributed by atoms with Crippen LogP contribution in [0.4, 0.5) is 0 Å². The van der Waals surface area contributed by atoms with E-state index < -0.39 is 4.87 Å². The van der Waals surface area contributed by atoms with Crippen LogP contribution in [0.5, 0.6) is 0 Å². The second kappa shape index (κ2) is 11.3. The number of thioether (sulfide) groups is 1. The van der Waals surface area contributed by atoms with Crippen molar-refractivity contribution in [3.05, 3.63) is 96.1 Å². The van der Waals surface area contributed by atoms with E-state index in [4.69, 9.17) is 0 Å². The van der Waals surface area contributed by atoms with Crippen LogP contribution in [0.2, 0.25) is 0 Å². The molecule has 4 heterocycles. The molecule has 0 aliphatic carbocycles. The van der Waals surface area contributed by atoms with E-state index >= 15 is 0 Å². The Labute approximate surface area is 211 Å². The first-order valence-electron chi connectivity index (χ1n) is 12.3. The van der Waals surface area contributed by atoms with Gasteiger partial charge in [-0.3, -0.25) is 29.9 Å². The van der Waals surface area contributed by atoms with Gasteiger partial charge in [-0.2, -0.15) is 0 Å². The second-order valence-electron chi connectivity index (χ2n) is 8.93. The van der Waals surface area contributed by atoms with Crippen LogP contribution in [-0.4, -0.2) is 77.2 Å². The summed E-state index contributed by atoms with van der Waals surface area (Å²) in [5, 5.41) is 6.59. The smallest absolute Gasteiger partial charge is 0.255 e. The average Bonchev–Trinajstić information content (AvgIpc) is 3.43. The number of benzene rings is 1. The molecule has 2 aromatic heterocycles. The zero-order chi connectivity index (χ0) is 23.9. The number of amides is 1. The SMILES string of the molecule is O=C(NCCN1CCN(C(c2ccccc2)c2ccncc2)CC1)[C@]1(c2cccnc2)NCCS1. The zero-order valence-electron chi connectivity index (χ0n) is 19.8. The maximum Gasteiger partial charge on any atom is 0.255 e. The molecule has 0 saturated carbocycles. The van der Waals surface area contributed by atoms with Crippen LogP contribution >= 0.6 is 11.8 Å². The summed E-state index contributed by atoms with van der Waals surface area (Å²) in [4.78, 5) is 25.9. The monoisotopic (exact) mass is 488 g/mol. The molecule has 1 amide bonds. The van der Waals surface area contributed by atoms with Gasteiger partial charge in [0.25, 0.3) is 5.91 Å². The van der Waals surface area contributed by atoms with Gasteiger partial charge < -0.3 is 5.32 Å². The van der Waals surface area contributed by atoms with E-state index in [1.54, 1.807) is 24.2 Å². The lowest BCUT2D eigenvalue weighted by molar-refractivity contribution is -0.124. The van der Waals surface area contributed by atoms with Crippen LogP contribution in [0, 0.1) is 0 Å². The predicted molar refractivity (Wildman–Crippen MR) is 140 cm³/mol. The van der Waals surface area contributed by atoms with Crippen molar-refractivity contribution in [3.8, 4) is 0 Å². The number of pyridine rings is 2. The first-order chi connectivity index (χ1) is 17.3. The minimum atomic E-state index is -0.736. The number of nitrogens with one attached hydrogen (secondary N) is 2. The molecule has 35 heavy (non-hydrogen) atoms. The minimum absolute atomic E-state index is 0.0217. The Balaban J connectivity index is 1.16. The van der Waals surface area contributed by atoms with Crippen molar-refractivity contribution in [2.45, 2.75) is 10.9 Å². The molecule has 7 nitrogen and oxygen atoms in total. The van der Waals surface area contributed by atoms with Crippen LogP contribution in [0.3, 0.4) is 0 Å². The minimum Gasteiger partial charge on any atom is -0.352 e. The van der Waals surface area contributed by atoms with Gasteiger partial charge in [0.15, 0.2) is 4.87 Å². The molecular formula is C27H32N6OS. The Kier molecular flexibility index (Phi) is 7.73. The Hall–Kier alpha value is -2.78. The molecule has 8 heteroatoms. The topological polar surface area (TPSA) is 73.4 Å². The van der Waals surface area contributed by atoms with Gasteiger partial charge in [0.1, 0.15) is 0 Å². The number of aromatic nitrogens is 2. The number of rotatable bonds is 8. The van der Waals surface area contributed by atoms with Gasteiger partial charge in [-0.15, -0.1) is 11.8 Å². The normalized spacial score (nSPS) is 22.1. The quantitative estimate of drug-likeness (QED) is 0.505. The summed E-state index contributed by atoms with van der Waals surface area (Å²) in [6.07, 6.45) is 7.28. The van der Waals surface area contributed by atoms with Crippen molar-refractivity contribution in [3.63, 3.8) is 0 Å². The van der Waals surface area contributed by atoms with Crippen LogP contribution in [0.1, 0.15) is 22.7 Å². The third-order valence-corrected chi connectivity index (χ3v) is 8.21. The van der Waals surface area contributed by atoms with E-state index in [2.05, 4.69) is 72.9 Å². The van der Waals surface area contributed by atoms with Gasteiger partial charge in [0, 0.05) is 81.9 Å². The molecule has 1 aromatic carbocycles. The zero-order valence-corrected chi connectivity index (χ0v) is 20.7. The van der Waals surface area contributed by atoms with Crippen LogP contribution < -0.4 is 10.6 Å². The number of nitrogens with zero attached hydrogens (tertiary/aromatic N) is 4. The summed E-state index contributed by atoms with van der Waals surface area (Å²) >= 11 is 1.65. The first-order valence-corrected chi connectivity index (χ1v) is 13.2. The lowest BCUT2D eigenvalue weighted by Crippen LogP contribution is -2.52. The molecule has 0 spiro atoms. The summed E-state index contributed by atoms with van der Waals surface area (Å²) in [5.41, 5.74) is 3.49. The Morgan fingerprint density at radius 1 is 0.971 bits per heavy atom. The van der Waals surface area contributed by atoms with E-state index in [0.29, 0.717) is 6.54 Å². The highest BCUT2D eigenvalue weighted by molar-refractivity contribution is 8.01. The van der Waals surface area contributed by atoms with Gasteiger partial charge >= 0.3 is 0 Å². The fourth-order valence-electron chi connectivity index (χ4n) is 5.01. The summed E-state index contributed by atoms with van der Waals surface area (Å²) in [6.45, 7) is 6.21. The largest absolute Gasteiger partial charge is 0.352 e. The Morgan fingerprint density at radius 3 is 2.43 bits per heavy atom. The third-order valence-electron chi connectivity index (χ3n) is 6.81. The van der Waals surface area contributed by atoms with E-state index in [1.807, 2.05) is 24.5 Å². The van der Waals surface area contributed by atoms with Crippen LogP contribution in [0.25, 0.3) is 0 Å². The highest BCUT2D eigenvalue weighted by Crippen LogP contribution is 2.37. The Bertz CT molecular complexity index is 1030. The summed E-state index contributed by atoms with van der Waals surface area (Å²) < 4.78 is 0. The lowest BCUT2D eigenvalue weighted by Gasteiger charge is -2.40. The van der Waals surface area contributed by atoms with E-state index in [-0.39, 0.29) is 11.9 Å². The molecule has 0 radical (unpaired) electrons. The van der Waals surface area contributed by atoms with Crippen molar-refractivity contribution >= 4 is 17.7 Å². The summed E-state index contributed by atoms with van der Waals surface area (Å²) in [6, 6.07) is 19.0. The standard InChI is InChI=1S/C27H32N6OS/c34-26(27(31-14-20-35-27)24-7-4-10-29-21-24)30-13-15-32-16-18-33(19-17-32)25(22-5-2-1-3-6-22)23-8-11-28-12-9-23/h1-12,21,25,31H,13-20H2,(H,30,34)/t25?,27-/m1/s1. The molecule has 0 bridgehead atoms. The number of carbonyl (C=O) groups excluding carboxylic acids is 1. The number of hydrogen-bond donors (Lipinski definition) is 2. The van der Waals surface area contributed by atoms with Crippen molar-refractivity contribution in [2.75, 3.05) is 51.6 Å². The van der Waals surface area contributed by atoms with Crippen LogP contribution in [-0.2, 0) is 9.67 Å². The highest BCUT2D eigenvalue weighted by Gasteiger charge is 2.43.